The number of rotatable bonds is 3. The average Bonchev–Trinajstić information content (AvgIpc) is 3.03. The van der Waals surface area contributed by atoms with Gasteiger partial charge in [0.2, 0.25) is 0 Å². The molecule has 0 saturated heterocycles. The van der Waals surface area contributed by atoms with E-state index in [9.17, 15) is 0 Å². The fourth-order valence-electron chi connectivity index (χ4n) is 4.78. The Morgan fingerprint density at radius 1 is 0.737 bits per heavy atom. The van der Waals surface area contributed by atoms with Crippen LogP contribution >= 0.6 is 7.41 Å². The van der Waals surface area contributed by atoms with Crippen LogP contribution in [0.5, 0.6) is 0 Å². The Labute approximate surface area is 119 Å². The van der Waals surface area contributed by atoms with Crippen molar-refractivity contribution in [1.29, 1.82) is 0 Å². The van der Waals surface area contributed by atoms with E-state index in [4.69, 9.17) is 0 Å². The summed E-state index contributed by atoms with van der Waals surface area (Å²) in [5.41, 5.74) is 2.08. The summed E-state index contributed by atoms with van der Waals surface area (Å²) < 4.78 is 2.71. The first kappa shape index (κ1) is 13.7. The third kappa shape index (κ3) is 2.64. The Kier molecular flexibility index (Phi) is 4.32. The van der Waals surface area contributed by atoms with E-state index in [1.165, 1.54) is 64.2 Å². The quantitative estimate of drug-likeness (QED) is 0.662. The molecule has 0 radical (unpaired) electrons. The molecule has 0 aliphatic heterocycles. The van der Waals surface area contributed by atoms with E-state index in [0.717, 1.165) is 11.3 Å². The van der Waals surface area contributed by atoms with Gasteiger partial charge in [0.15, 0.2) is 0 Å². The van der Waals surface area contributed by atoms with Crippen molar-refractivity contribution in [3.63, 3.8) is 0 Å². The second-order valence-corrected chi connectivity index (χ2v) is 11.6. The van der Waals surface area contributed by atoms with Crippen molar-refractivity contribution in [3.8, 4) is 0 Å². The summed E-state index contributed by atoms with van der Waals surface area (Å²) >= 11 is 0. The van der Waals surface area contributed by atoms with Crippen molar-refractivity contribution in [3.05, 3.63) is 24.5 Å². The van der Waals surface area contributed by atoms with Gasteiger partial charge in [0.1, 0.15) is 0 Å². The summed E-state index contributed by atoms with van der Waals surface area (Å²) in [6.07, 6.45) is 19.7. The minimum atomic E-state index is -1.35. The Bertz CT molecular complexity index is 354. The van der Waals surface area contributed by atoms with Gasteiger partial charge in [0.25, 0.3) is 0 Å². The minimum absolute atomic E-state index is 1.04. The van der Waals surface area contributed by atoms with Crippen molar-refractivity contribution in [2.24, 2.45) is 0 Å². The topological polar surface area (TPSA) is 4.93 Å². The van der Waals surface area contributed by atoms with Crippen molar-refractivity contribution >= 4 is 7.41 Å². The normalized spacial score (nSPS) is 24.5. The van der Waals surface area contributed by atoms with Gasteiger partial charge >= 0.3 is 118 Å². The Morgan fingerprint density at radius 2 is 1.16 bits per heavy atom. The molecule has 0 unspecified atom stereocenters. The molecule has 1 heterocycles. The zero-order valence-corrected chi connectivity index (χ0v) is 13.5. The molecule has 2 aliphatic carbocycles. The maximum absolute atomic E-state index is 2.71. The third-order valence-electron chi connectivity index (χ3n) is 6.02. The molecule has 2 saturated carbocycles. The molecule has 3 rings (SSSR count). The van der Waals surface area contributed by atoms with E-state index in [1.54, 1.807) is 0 Å². The van der Waals surface area contributed by atoms with Gasteiger partial charge in [-0.05, 0) is 0 Å². The monoisotopic (exact) mass is 279 g/mol. The van der Waals surface area contributed by atoms with E-state index in [1.807, 2.05) is 0 Å². The molecule has 2 aliphatic rings. The van der Waals surface area contributed by atoms with Crippen LogP contribution in [0.1, 0.15) is 64.2 Å². The van der Waals surface area contributed by atoms with Crippen LogP contribution in [-0.2, 0) is 0 Å². The van der Waals surface area contributed by atoms with Crippen LogP contribution < -0.4 is 0 Å². The standard InChI is InChI=1S/C17H30NP/c1-19(18-14-8-9-15-18,16-10-4-2-5-11-16)17-12-6-3-7-13-17/h8-9,14-17,19H,2-7,10-13H2,1H3. The van der Waals surface area contributed by atoms with Gasteiger partial charge in [0.05, 0.1) is 0 Å². The number of hydrogen-bond donors (Lipinski definition) is 0. The van der Waals surface area contributed by atoms with Gasteiger partial charge in [-0.15, -0.1) is 0 Å². The number of hydrogen-bond acceptors (Lipinski definition) is 0. The second-order valence-electron chi connectivity index (χ2n) is 6.99. The van der Waals surface area contributed by atoms with Gasteiger partial charge in [-0.2, -0.15) is 0 Å². The molecule has 0 atom stereocenters. The average molecular weight is 279 g/mol. The molecule has 0 aromatic carbocycles. The summed E-state index contributed by atoms with van der Waals surface area (Å²) in [6.45, 7) is 2.71. The van der Waals surface area contributed by atoms with Crippen LogP contribution in [0.2, 0.25) is 0 Å². The van der Waals surface area contributed by atoms with E-state index in [-0.39, 0.29) is 0 Å². The fourth-order valence-corrected chi connectivity index (χ4v) is 10.3. The van der Waals surface area contributed by atoms with E-state index in [0.29, 0.717) is 0 Å². The van der Waals surface area contributed by atoms with Crippen LogP contribution in [-0.4, -0.2) is 22.3 Å². The summed E-state index contributed by atoms with van der Waals surface area (Å²) in [5, 5.41) is 0. The SMILES string of the molecule is C[PH](C1CCCCC1)(C1CCCCC1)n1cccc1. The van der Waals surface area contributed by atoms with E-state index in [2.05, 4.69) is 35.5 Å². The molecular formula is C17H30NP. The van der Waals surface area contributed by atoms with Gasteiger partial charge < -0.3 is 0 Å². The molecule has 0 spiro atoms. The molecular weight excluding hydrogens is 249 g/mol. The molecule has 0 N–H and O–H groups in total. The summed E-state index contributed by atoms with van der Waals surface area (Å²) in [7, 11) is -1.35. The van der Waals surface area contributed by atoms with E-state index < -0.39 is 7.41 Å². The predicted octanol–water partition coefficient (Wildman–Crippen LogP) is 5.30. The van der Waals surface area contributed by atoms with Crippen molar-refractivity contribution < 1.29 is 0 Å². The fraction of sp³-hybridized carbons (Fsp3) is 0.765. The van der Waals surface area contributed by atoms with Crippen LogP contribution in [0.15, 0.2) is 24.5 Å². The Balaban J connectivity index is 1.89. The molecule has 0 amide bonds. The molecule has 2 heteroatoms. The Hall–Kier alpha value is -0.290. The third-order valence-corrected chi connectivity index (χ3v) is 11.9. The van der Waals surface area contributed by atoms with Crippen molar-refractivity contribution in [2.45, 2.75) is 75.5 Å². The molecule has 1 nitrogen and oxygen atoms in total. The first-order valence-corrected chi connectivity index (χ1v) is 11.1. The van der Waals surface area contributed by atoms with Crippen LogP contribution in [0.4, 0.5) is 0 Å². The van der Waals surface area contributed by atoms with Crippen LogP contribution in [0, 0.1) is 0 Å². The molecule has 19 heavy (non-hydrogen) atoms. The maximum atomic E-state index is 2.71. The van der Waals surface area contributed by atoms with E-state index >= 15 is 0 Å². The first-order valence-electron chi connectivity index (χ1n) is 8.45. The van der Waals surface area contributed by atoms with Crippen LogP contribution in [0.3, 0.4) is 0 Å². The zero-order valence-electron chi connectivity index (χ0n) is 12.5. The number of aromatic nitrogens is 1. The Morgan fingerprint density at radius 3 is 1.58 bits per heavy atom. The molecule has 108 valence electrons. The number of nitrogens with zero attached hydrogens (tertiary/aromatic N) is 1. The predicted molar refractivity (Wildman–Crippen MR) is 87.8 cm³/mol. The molecule has 1 aromatic heterocycles. The van der Waals surface area contributed by atoms with Gasteiger partial charge in [-0.1, -0.05) is 0 Å². The first-order chi connectivity index (χ1) is 9.32. The zero-order chi connectivity index (χ0) is 13.1. The second kappa shape index (κ2) is 6.00. The van der Waals surface area contributed by atoms with Crippen molar-refractivity contribution in [1.82, 2.24) is 4.34 Å². The van der Waals surface area contributed by atoms with Gasteiger partial charge in [0, 0.05) is 0 Å². The van der Waals surface area contributed by atoms with Crippen LogP contribution in [0.25, 0.3) is 0 Å². The summed E-state index contributed by atoms with van der Waals surface area (Å²) in [4.78, 5) is 0. The molecule has 1 aromatic rings. The molecule has 2 fully saturated rings. The molecule has 0 bridgehead atoms. The summed E-state index contributed by atoms with van der Waals surface area (Å²) in [5.74, 6) is 0. The van der Waals surface area contributed by atoms with Gasteiger partial charge in [-0.3, -0.25) is 0 Å². The summed E-state index contributed by atoms with van der Waals surface area (Å²) in [6, 6.07) is 4.49. The van der Waals surface area contributed by atoms with Gasteiger partial charge in [-0.25, -0.2) is 0 Å². The van der Waals surface area contributed by atoms with Crippen molar-refractivity contribution in [2.75, 3.05) is 6.66 Å².